The van der Waals surface area contributed by atoms with Gasteiger partial charge in [0.25, 0.3) is 0 Å². The lowest BCUT2D eigenvalue weighted by Crippen LogP contribution is -2.24. The van der Waals surface area contributed by atoms with Crippen molar-refractivity contribution in [3.8, 4) is 0 Å². The van der Waals surface area contributed by atoms with E-state index < -0.39 is 17.5 Å². The second-order valence-corrected chi connectivity index (χ2v) is 2.56. The number of nitrogens with two attached hydrogens (primary N) is 1. The highest BCUT2D eigenvalue weighted by Gasteiger charge is 2.09. The molecule has 0 spiro atoms. The van der Waals surface area contributed by atoms with Crippen molar-refractivity contribution in [1.29, 1.82) is 0 Å². The van der Waals surface area contributed by atoms with Crippen LogP contribution in [0.4, 0.5) is 13.2 Å². The lowest BCUT2D eigenvalue weighted by molar-refractivity contribution is 0.483. The van der Waals surface area contributed by atoms with Gasteiger partial charge in [-0.05, 0) is 18.1 Å². The van der Waals surface area contributed by atoms with Crippen molar-refractivity contribution < 1.29 is 13.2 Å². The van der Waals surface area contributed by atoms with Crippen LogP contribution in [0.2, 0.25) is 0 Å². The fourth-order valence-electron chi connectivity index (χ4n) is 0.998. The van der Waals surface area contributed by atoms with Gasteiger partial charge in [-0.2, -0.15) is 0 Å². The third-order valence-corrected chi connectivity index (χ3v) is 1.61. The van der Waals surface area contributed by atoms with E-state index in [1.807, 2.05) is 0 Å². The Morgan fingerprint density at radius 1 is 1.23 bits per heavy atom. The van der Waals surface area contributed by atoms with Gasteiger partial charge < -0.3 is 0 Å². The standard InChI is InChI=1S/C8H9F3N2/c9-6-3-5(1-2-13-12)8(11)7(10)4-6/h3-4,13H,1-2,12H2. The van der Waals surface area contributed by atoms with Crippen molar-refractivity contribution in [1.82, 2.24) is 5.43 Å². The molecule has 3 N–H and O–H groups in total. The van der Waals surface area contributed by atoms with Crippen molar-refractivity contribution in [3.05, 3.63) is 35.1 Å². The molecule has 0 atom stereocenters. The van der Waals surface area contributed by atoms with Crippen LogP contribution in [-0.4, -0.2) is 6.54 Å². The number of halogens is 3. The number of hydrogen-bond acceptors (Lipinski definition) is 2. The predicted molar refractivity (Wildman–Crippen MR) is 42.2 cm³/mol. The lowest BCUT2D eigenvalue weighted by Gasteiger charge is -2.03. The largest absolute Gasteiger partial charge is 0.271 e. The SMILES string of the molecule is NNCCc1cc(F)cc(F)c1F. The summed E-state index contributed by atoms with van der Waals surface area (Å²) in [5.74, 6) is 1.97. The summed E-state index contributed by atoms with van der Waals surface area (Å²) >= 11 is 0. The number of nitrogens with one attached hydrogen (secondary N) is 1. The number of hydrazine groups is 1. The molecule has 0 aliphatic carbocycles. The van der Waals surface area contributed by atoms with Gasteiger partial charge in [-0.15, -0.1) is 0 Å². The molecule has 0 aromatic heterocycles. The van der Waals surface area contributed by atoms with E-state index >= 15 is 0 Å². The molecule has 0 aliphatic rings. The van der Waals surface area contributed by atoms with E-state index in [0.29, 0.717) is 6.07 Å². The van der Waals surface area contributed by atoms with E-state index in [9.17, 15) is 13.2 Å². The van der Waals surface area contributed by atoms with Gasteiger partial charge in [0.1, 0.15) is 5.82 Å². The molecule has 0 unspecified atom stereocenters. The van der Waals surface area contributed by atoms with Crippen LogP contribution in [0.1, 0.15) is 5.56 Å². The van der Waals surface area contributed by atoms with Gasteiger partial charge >= 0.3 is 0 Å². The monoisotopic (exact) mass is 190 g/mol. The predicted octanol–water partition coefficient (Wildman–Crippen LogP) is 1.11. The average molecular weight is 190 g/mol. The maximum absolute atomic E-state index is 12.9. The van der Waals surface area contributed by atoms with Gasteiger partial charge in [-0.3, -0.25) is 11.3 Å². The van der Waals surface area contributed by atoms with Gasteiger partial charge in [0, 0.05) is 12.6 Å². The maximum Gasteiger partial charge on any atom is 0.162 e. The molecule has 0 aliphatic heterocycles. The van der Waals surface area contributed by atoms with E-state index in [1.165, 1.54) is 0 Å². The summed E-state index contributed by atoms with van der Waals surface area (Å²) in [6.45, 7) is 0.264. The minimum absolute atomic E-state index is 0.0181. The summed E-state index contributed by atoms with van der Waals surface area (Å²) in [7, 11) is 0. The first kappa shape index (κ1) is 10.0. The van der Waals surface area contributed by atoms with Crippen molar-refractivity contribution >= 4 is 0 Å². The van der Waals surface area contributed by atoms with Gasteiger partial charge in [0.15, 0.2) is 11.6 Å². The average Bonchev–Trinajstić information content (AvgIpc) is 2.09. The Hall–Kier alpha value is -1.07. The molecule has 0 saturated carbocycles. The zero-order chi connectivity index (χ0) is 9.84. The quantitative estimate of drug-likeness (QED) is 0.425. The van der Waals surface area contributed by atoms with Gasteiger partial charge in [-0.1, -0.05) is 0 Å². The molecule has 13 heavy (non-hydrogen) atoms. The Balaban J connectivity index is 2.92. The molecule has 0 amide bonds. The first-order valence-electron chi connectivity index (χ1n) is 3.72. The summed E-state index contributed by atoms with van der Waals surface area (Å²) in [5, 5.41) is 0. The van der Waals surface area contributed by atoms with E-state index in [2.05, 4.69) is 5.43 Å². The molecule has 0 heterocycles. The fraction of sp³-hybridized carbons (Fsp3) is 0.250. The van der Waals surface area contributed by atoms with E-state index in [-0.39, 0.29) is 18.5 Å². The summed E-state index contributed by atoms with van der Waals surface area (Å²) in [6, 6.07) is 1.46. The fourth-order valence-corrected chi connectivity index (χ4v) is 0.998. The van der Waals surface area contributed by atoms with Crippen LogP contribution < -0.4 is 11.3 Å². The molecule has 72 valence electrons. The van der Waals surface area contributed by atoms with Gasteiger partial charge in [0.05, 0.1) is 0 Å². The Morgan fingerprint density at radius 2 is 1.92 bits per heavy atom. The highest BCUT2D eigenvalue weighted by atomic mass is 19.2. The van der Waals surface area contributed by atoms with Crippen LogP contribution in [0.15, 0.2) is 12.1 Å². The third-order valence-electron chi connectivity index (χ3n) is 1.61. The summed E-state index contributed by atoms with van der Waals surface area (Å²) in [6.07, 6.45) is 0.150. The first-order valence-corrected chi connectivity index (χ1v) is 3.72. The third kappa shape index (κ3) is 2.43. The van der Waals surface area contributed by atoms with Gasteiger partial charge in [0.2, 0.25) is 0 Å². The van der Waals surface area contributed by atoms with Crippen molar-refractivity contribution in [2.24, 2.45) is 5.84 Å². The molecule has 5 heteroatoms. The Labute approximate surface area is 73.5 Å². The Morgan fingerprint density at radius 3 is 2.54 bits per heavy atom. The second kappa shape index (κ2) is 4.25. The molecule has 1 aromatic carbocycles. The maximum atomic E-state index is 12.9. The molecule has 0 saturated heterocycles. The molecule has 0 radical (unpaired) electrons. The zero-order valence-electron chi connectivity index (χ0n) is 6.78. The van der Waals surface area contributed by atoms with Crippen LogP contribution in [0.5, 0.6) is 0 Å². The van der Waals surface area contributed by atoms with Crippen LogP contribution in [-0.2, 0) is 6.42 Å². The van der Waals surface area contributed by atoms with E-state index in [1.54, 1.807) is 0 Å². The molecular weight excluding hydrogens is 181 g/mol. The minimum atomic E-state index is -1.17. The summed E-state index contributed by atoms with van der Waals surface area (Å²) in [4.78, 5) is 0. The van der Waals surface area contributed by atoms with Gasteiger partial charge in [-0.25, -0.2) is 13.2 Å². The highest BCUT2D eigenvalue weighted by molar-refractivity contribution is 5.20. The number of hydrogen-bond donors (Lipinski definition) is 2. The minimum Gasteiger partial charge on any atom is -0.271 e. The topological polar surface area (TPSA) is 38.0 Å². The molecule has 1 rings (SSSR count). The number of rotatable bonds is 3. The van der Waals surface area contributed by atoms with Crippen LogP contribution in [0, 0.1) is 17.5 Å². The highest BCUT2D eigenvalue weighted by Crippen LogP contribution is 2.14. The Kier molecular flexibility index (Phi) is 3.27. The van der Waals surface area contributed by atoms with Crippen LogP contribution in [0.3, 0.4) is 0 Å². The smallest absolute Gasteiger partial charge is 0.162 e. The summed E-state index contributed by atoms with van der Waals surface area (Å²) in [5.41, 5.74) is 2.25. The lowest BCUT2D eigenvalue weighted by atomic mass is 10.1. The number of benzene rings is 1. The zero-order valence-corrected chi connectivity index (χ0v) is 6.78. The van der Waals surface area contributed by atoms with Crippen molar-refractivity contribution in [3.63, 3.8) is 0 Å². The molecule has 1 aromatic rings. The van der Waals surface area contributed by atoms with Crippen LogP contribution >= 0.6 is 0 Å². The van der Waals surface area contributed by atoms with Crippen LogP contribution in [0.25, 0.3) is 0 Å². The molecule has 2 nitrogen and oxygen atoms in total. The molecule has 0 fully saturated rings. The molecule has 0 bridgehead atoms. The van der Waals surface area contributed by atoms with Crippen molar-refractivity contribution in [2.45, 2.75) is 6.42 Å². The molecular formula is C8H9F3N2. The second-order valence-electron chi connectivity index (χ2n) is 2.56. The van der Waals surface area contributed by atoms with Crippen molar-refractivity contribution in [2.75, 3.05) is 6.54 Å². The first-order chi connectivity index (χ1) is 6.15. The van der Waals surface area contributed by atoms with E-state index in [0.717, 1.165) is 6.07 Å². The Bertz CT molecular complexity index is 302. The van der Waals surface area contributed by atoms with E-state index in [4.69, 9.17) is 5.84 Å². The normalized spacial score (nSPS) is 10.5. The summed E-state index contributed by atoms with van der Waals surface area (Å²) < 4.78 is 38.1.